The van der Waals surface area contributed by atoms with Crippen molar-refractivity contribution in [2.24, 2.45) is 0 Å². The molecule has 1 aromatic carbocycles. The number of rotatable bonds is 5. The highest BCUT2D eigenvalue weighted by molar-refractivity contribution is 5.96. The quantitative estimate of drug-likeness (QED) is 0.539. The van der Waals surface area contributed by atoms with Crippen LogP contribution in [0, 0.1) is 11.3 Å². The minimum Gasteiger partial charge on any atom is -0.484 e. The van der Waals surface area contributed by atoms with Crippen LogP contribution in [0.15, 0.2) is 49.1 Å². The molecule has 2 saturated heterocycles. The van der Waals surface area contributed by atoms with E-state index < -0.39 is 0 Å². The number of fused-ring (bicyclic) bond motifs is 1. The Labute approximate surface area is 178 Å². The van der Waals surface area contributed by atoms with E-state index in [4.69, 9.17) is 14.2 Å². The van der Waals surface area contributed by atoms with Gasteiger partial charge in [-0.15, -0.1) is 0 Å². The number of nitrogens with one attached hydrogen (secondary N) is 1. The molecule has 0 bridgehead atoms. The second-order valence-corrected chi connectivity index (χ2v) is 7.82. The number of hydrogen-bond acceptors (Lipinski definition) is 6. The fourth-order valence-corrected chi connectivity index (χ4v) is 3.81. The second kappa shape index (κ2) is 7.23. The Kier molecular flexibility index (Phi) is 4.23. The summed E-state index contributed by atoms with van der Waals surface area (Å²) in [5.41, 5.74) is 5.22. The molecule has 0 unspecified atom stereocenters. The van der Waals surface area contributed by atoms with Crippen LogP contribution in [-0.4, -0.2) is 52.3 Å². The van der Waals surface area contributed by atoms with Gasteiger partial charge in [-0.1, -0.05) is 6.07 Å². The third-order valence-electron chi connectivity index (χ3n) is 5.77. The average molecular weight is 413 g/mol. The predicted octanol–water partition coefficient (Wildman–Crippen LogP) is 3.31. The molecule has 31 heavy (non-hydrogen) atoms. The zero-order valence-corrected chi connectivity index (χ0v) is 16.6. The Hall–Kier alpha value is -3.67. The molecule has 6 rings (SSSR count). The topological polar surface area (TPSA) is 98.0 Å². The summed E-state index contributed by atoms with van der Waals surface area (Å²) >= 11 is 0. The van der Waals surface area contributed by atoms with Crippen LogP contribution in [0.2, 0.25) is 0 Å². The molecule has 2 aliphatic rings. The van der Waals surface area contributed by atoms with E-state index in [1.54, 1.807) is 0 Å². The first kappa shape index (κ1) is 18.1. The standard InChI is InChI=1S/C23H19N5O3/c24-5-15-3-14(1-2-22(15)31-19-12-30-13-19)21-8-26-23-20(21)4-16(6-25-23)17-7-27-28(9-17)18-10-29-11-18/h1-4,6-9,18-19H,10-13H2,(H,25,26). The van der Waals surface area contributed by atoms with Crippen LogP contribution in [0.25, 0.3) is 33.3 Å². The van der Waals surface area contributed by atoms with Crippen molar-refractivity contribution in [3.8, 4) is 34.1 Å². The van der Waals surface area contributed by atoms with Crippen molar-refractivity contribution >= 4 is 11.0 Å². The summed E-state index contributed by atoms with van der Waals surface area (Å²) in [7, 11) is 0. The molecule has 8 heteroatoms. The molecule has 4 aromatic rings. The van der Waals surface area contributed by atoms with Crippen molar-refractivity contribution in [3.63, 3.8) is 0 Å². The Morgan fingerprint density at radius 1 is 1.06 bits per heavy atom. The van der Waals surface area contributed by atoms with Gasteiger partial charge in [0.1, 0.15) is 23.6 Å². The summed E-state index contributed by atoms with van der Waals surface area (Å²) < 4.78 is 18.2. The van der Waals surface area contributed by atoms with E-state index in [9.17, 15) is 5.26 Å². The van der Waals surface area contributed by atoms with Gasteiger partial charge < -0.3 is 19.2 Å². The van der Waals surface area contributed by atoms with Gasteiger partial charge in [-0.25, -0.2) is 4.98 Å². The van der Waals surface area contributed by atoms with Gasteiger partial charge in [0.2, 0.25) is 0 Å². The number of H-pyrrole nitrogens is 1. The third kappa shape index (κ3) is 3.15. The Bertz CT molecular complexity index is 1310. The van der Waals surface area contributed by atoms with E-state index >= 15 is 0 Å². The van der Waals surface area contributed by atoms with Crippen LogP contribution in [-0.2, 0) is 9.47 Å². The summed E-state index contributed by atoms with van der Waals surface area (Å²) in [5.74, 6) is 0.589. The summed E-state index contributed by atoms with van der Waals surface area (Å²) in [4.78, 5) is 7.82. The van der Waals surface area contributed by atoms with E-state index in [0.29, 0.717) is 43.8 Å². The van der Waals surface area contributed by atoms with Crippen LogP contribution in [0.1, 0.15) is 11.6 Å². The minimum atomic E-state index is 0.0187. The largest absolute Gasteiger partial charge is 0.484 e. The van der Waals surface area contributed by atoms with E-state index in [2.05, 4.69) is 27.2 Å². The summed E-state index contributed by atoms with van der Waals surface area (Å²) in [6.07, 6.45) is 7.68. The number of benzene rings is 1. The summed E-state index contributed by atoms with van der Waals surface area (Å²) in [5, 5.41) is 15.1. The van der Waals surface area contributed by atoms with E-state index in [0.717, 1.165) is 33.3 Å². The molecule has 0 spiro atoms. The predicted molar refractivity (Wildman–Crippen MR) is 113 cm³/mol. The Balaban J connectivity index is 1.36. The van der Waals surface area contributed by atoms with Gasteiger partial charge in [-0.05, 0) is 23.8 Å². The number of aromatic amines is 1. The number of hydrogen-bond donors (Lipinski definition) is 1. The second-order valence-electron chi connectivity index (χ2n) is 7.82. The highest BCUT2D eigenvalue weighted by Crippen LogP contribution is 2.34. The molecular formula is C23H19N5O3. The van der Waals surface area contributed by atoms with Gasteiger partial charge in [-0.2, -0.15) is 10.4 Å². The lowest BCUT2D eigenvalue weighted by atomic mass is 10.0. The van der Waals surface area contributed by atoms with Gasteiger partial charge in [0, 0.05) is 40.7 Å². The molecule has 8 nitrogen and oxygen atoms in total. The molecule has 154 valence electrons. The van der Waals surface area contributed by atoms with Crippen molar-refractivity contribution in [1.82, 2.24) is 19.7 Å². The maximum absolute atomic E-state index is 9.62. The molecule has 2 fully saturated rings. The lowest BCUT2D eigenvalue weighted by Crippen LogP contribution is -2.38. The Morgan fingerprint density at radius 3 is 2.68 bits per heavy atom. The molecule has 3 aromatic heterocycles. The lowest BCUT2D eigenvalue weighted by Gasteiger charge is -2.27. The third-order valence-corrected chi connectivity index (χ3v) is 5.77. The van der Waals surface area contributed by atoms with Crippen molar-refractivity contribution in [2.45, 2.75) is 12.1 Å². The molecule has 1 N–H and O–H groups in total. The number of ether oxygens (including phenoxy) is 3. The maximum Gasteiger partial charge on any atom is 0.145 e. The highest BCUT2D eigenvalue weighted by Gasteiger charge is 2.23. The normalized spacial score (nSPS) is 16.6. The average Bonchev–Trinajstić information content (AvgIpc) is 3.36. The molecule has 0 amide bonds. The van der Waals surface area contributed by atoms with Crippen LogP contribution in [0.4, 0.5) is 0 Å². The number of pyridine rings is 1. The monoisotopic (exact) mass is 413 g/mol. The first-order valence-corrected chi connectivity index (χ1v) is 10.2. The molecule has 5 heterocycles. The van der Waals surface area contributed by atoms with Gasteiger partial charge in [0.05, 0.1) is 44.2 Å². The molecule has 0 radical (unpaired) electrons. The van der Waals surface area contributed by atoms with Crippen LogP contribution in [0.5, 0.6) is 5.75 Å². The maximum atomic E-state index is 9.62. The van der Waals surface area contributed by atoms with Gasteiger partial charge >= 0.3 is 0 Å². The van der Waals surface area contributed by atoms with Crippen molar-refractivity contribution in [3.05, 3.63) is 54.6 Å². The van der Waals surface area contributed by atoms with Crippen molar-refractivity contribution < 1.29 is 14.2 Å². The van der Waals surface area contributed by atoms with Crippen molar-refractivity contribution in [2.75, 3.05) is 26.4 Å². The first-order chi connectivity index (χ1) is 15.3. The zero-order valence-electron chi connectivity index (χ0n) is 16.6. The fourth-order valence-electron chi connectivity index (χ4n) is 3.81. The van der Waals surface area contributed by atoms with Crippen LogP contribution < -0.4 is 4.74 Å². The van der Waals surface area contributed by atoms with Crippen LogP contribution in [0.3, 0.4) is 0 Å². The SMILES string of the molecule is N#Cc1cc(-c2c[nH]c3ncc(-c4cnn(C5COC5)c4)cc23)ccc1OC1COC1. The van der Waals surface area contributed by atoms with Gasteiger partial charge in [0.15, 0.2) is 0 Å². The van der Waals surface area contributed by atoms with Gasteiger partial charge in [0.25, 0.3) is 0 Å². The van der Waals surface area contributed by atoms with Crippen LogP contribution >= 0.6 is 0 Å². The molecule has 2 aliphatic heterocycles. The summed E-state index contributed by atoms with van der Waals surface area (Å²) in [6, 6.07) is 10.4. The number of aromatic nitrogens is 4. The van der Waals surface area contributed by atoms with E-state index in [1.165, 1.54) is 0 Å². The Morgan fingerprint density at radius 2 is 1.94 bits per heavy atom. The summed E-state index contributed by atoms with van der Waals surface area (Å²) in [6.45, 7) is 2.53. The van der Waals surface area contributed by atoms with E-state index in [1.807, 2.05) is 47.7 Å². The minimum absolute atomic E-state index is 0.0187. The number of nitrogens with zero attached hydrogens (tertiary/aromatic N) is 4. The fraction of sp³-hybridized carbons (Fsp3) is 0.261. The highest BCUT2D eigenvalue weighted by atomic mass is 16.6. The van der Waals surface area contributed by atoms with Gasteiger partial charge in [-0.3, -0.25) is 4.68 Å². The molecule has 0 saturated carbocycles. The van der Waals surface area contributed by atoms with Crippen molar-refractivity contribution in [1.29, 1.82) is 5.26 Å². The molecule has 0 atom stereocenters. The molecular weight excluding hydrogens is 394 g/mol. The molecule has 0 aliphatic carbocycles. The van der Waals surface area contributed by atoms with E-state index in [-0.39, 0.29) is 6.10 Å². The smallest absolute Gasteiger partial charge is 0.145 e. The lowest BCUT2D eigenvalue weighted by molar-refractivity contribution is -0.0797. The zero-order chi connectivity index (χ0) is 20.8. The first-order valence-electron chi connectivity index (χ1n) is 10.2. The number of nitriles is 1.